The molecule has 0 radical (unpaired) electrons. The molecular formula is C13H20O. The van der Waals surface area contributed by atoms with E-state index in [4.69, 9.17) is 0 Å². The Hall–Kier alpha value is -0.300. The van der Waals surface area contributed by atoms with Crippen molar-refractivity contribution in [2.45, 2.75) is 45.6 Å². The smallest absolute Gasteiger partial charge is 0.0662 e. The topological polar surface area (TPSA) is 20.2 Å². The van der Waals surface area contributed by atoms with Gasteiger partial charge in [-0.2, -0.15) is 0 Å². The van der Waals surface area contributed by atoms with Crippen molar-refractivity contribution < 1.29 is 5.11 Å². The van der Waals surface area contributed by atoms with Crippen LogP contribution in [0.3, 0.4) is 0 Å². The van der Waals surface area contributed by atoms with Crippen LogP contribution in [0.25, 0.3) is 0 Å². The van der Waals surface area contributed by atoms with Crippen molar-refractivity contribution in [3.8, 4) is 0 Å². The predicted octanol–water partition coefficient (Wildman–Crippen LogP) is 2.75. The summed E-state index contributed by atoms with van der Waals surface area (Å²) in [5.41, 5.74) is 0.677. The van der Waals surface area contributed by atoms with E-state index in [2.05, 4.69) is 26.0 Å². The maximum absolute atomic E-state index is 10.3. The third kappa shape index (κ3) is 0.850. The lowest BCUT2D eigenvalue weighted by atomic mass is 9.44. The number of aliphatic hydroxyl groups excluding tert-OH is 1. The molecule has 4 aliphatic carbocycles. The van der Waals surface area contributed by atoms with E-state index in [0.717, 1.165) is 0 Å². The van der Waals surface area contributed by atoms with Crippen LogP contribution in [-0.2, 0) is 0 Å². The van der Waals surface area contributed by atoms with Crippen molar-refractivity contribution >= 4 is 0 Å². The first-order chi connectivity index (χ1) is 6.56. The molecule has 1 nitrogen and oxygen atoms in total. The van der Waals surface area contributed by atoms with E-state index in [1.165, 1.54) is 25.7 Å². The van der Waals surface area contributed by atoms with E-state index in [1.807, 2.05) is 0 Å². The SMILES string of the molecule is C[C@@]12CCC[C@]3(C)[C@H](O)[C@@H](C=C[C@H]13)C2. The lowest BCUT2D eigenvalue weighted by molar-refractivity contribution is -0.148. The third-order valence-corrected chi connectivity index (χ3v) is 5.26. The minimum atomic E-state index is -0.0779. The first kappa shape index (κ1) is 8.96. The molecule has 0 heterocycles. The summed E-state index contributed by atoms with van der Waals surface area (Å²) in [6.07, 6.45) is 9.69. The molecule has 1 heteroatoms. The van der Waals surface area contributed by atoms with Gasteiger partial charge >= 0.3 is 0 Å². The van der Waals surface area contributed by atoms with Gasteiger partial charge in [-0.15, -0.1) is 0 Å². The Morgan fingerprint density at radius 3 is 2.71 bits per heavy atom. The number of hydrogen-bond acceptors (Lipinski definition) is 1. The second-order valence-corrected chi connectivity index (χ2v) is 6.19. The van der Waals surface area contributed by atoms with E-state index in [0.29, 0.717) is 17.3 Å². The molecule has 0 saturated heterocycles. The standard InChI is InChI=1S/C13H20O/c1-12-6-3-7-13(2)10(12)5-4-9(8-12)11(13)14/h4-5,9-11,14H,3,6-8H2,1-2H3/t9-,10+,11+,12-,13-/m0/s1. The summed E-state index contributed by atoms with van der Waals surface area (Å²) >= 11 is 0. The highest BCUT2D eigenvalue weighted by Crippen LogP contribution is 2.63. The minimum Gasteiger partial charge on any atom is -0.392 e. The average Bonchev–Trinajstić information content (AvgIpc) is 2.13. The highest BCUT2D eigenvalue weighted by molar-refractivity contribution is 5.21. The van der Waals surface area contributed by atoms with Crippen molar-refractivity contribution in [2.24, 2.45) is 22.7 Å². The van der Waals surface area contributed by atoms with E-state index in [1.54, 1.807) is 0 Å². The van der Waals surface area contributed by atoms with Gasteiger partial charge in [0.15, 0.2) is 0 Å². The Labute approximate surface area is 86.2 Å². The molecule has 4 rings (SSSR count). The fourth-order valence-corrected chi connectivity index (χ4v) is 4.56. The monoisotopic (exact) mass is 192 g/mol. The molecule has 0 aromatic carbocycles. The predicted molar refractivity (Wildman–Crippen MR) is 56.8 cm³/mol. The zero-order valence-electron chi connectivity index (χ0n) is 9.16. The van der Waals surface area contributed by atoms with E-state index >= 15 is 0 Å². The van der Waals surface area contributed by atoms with Crippen LogP contribution in [0.5, 0.6) is 0 Å². The molecule has 0 aromatic rings. The van der Waals surface area contributed by atoms with Crippen LogP contribution >= 0.6 is 0 Å². The quantitative estimate of drug-likeness (QED) is 0.585. The van der Waals surface area contributed by atoms with Crippen molar-refractivity contribution in [1.82, 2.24) is 0 Å². The van der Waals surface area contributed by atoms with Crippen molar-refractivity contribution in [2.75, 3.05) is 0 Å². The van der Waals surface area contributed by atoms with Gasteiger partial charge in [-0.3, -0.25) is 0 Å². The third-order valence-electron chi connectivity index (χ3n) is 5.26. The van der Waals surface area contributed by atoms with Gasteiger partial charge < -0.3 is 5.11 Å². The number of hydrogen-bond donors (Lipinski definition) is 1. The van der Waals surface area contributed by atoms with E-state index < -0.39 is 0 Å². The molecular weight excluding hydrogens is 172 g/mol. The molecule has 0 aliphatic heterocycles. The Morgan fingerprint density at radius 2 is 2.00 bits per heavy atom. The molecule has 78 valence electrons. The Kier molecular flexibility index (Phi) is 1.56. The molecule has 2 fully saturated rings. The summed E-state index contributed by atoms with van der Waals surface area (Å²) in [7, 11) is 0. The lowest BCUT2D eigenvalue weighted by Gasteiger charge is -2.62. The molecule has 4 aliphatic rings. The van der Waals surface area contributed by atoms with Gasteiger partial charge in [-0.1, -0.05) is 32.4 Å². The first-order valence-corrected chi connectivity index (χ1v) is 5.93. The Bertz CT molecular complexity index is 296. The zero-order chi connectivity index (χ0) is 9.97. The minimum absolute atomic E-state index is 0.0779. The molecule has 0 spiro atoms. The summed E-state index contributed by atoms with van der Waals surface area (Å²) in [4.78, 5) is 0. The highest BCUT2D eigenvalue weighted by atomic mass is 16.3. The summed E-state index contributed by atoms with van der Waals surface area (Å²) in [6.45, 7) is 4.73. The van der Waals surface area contributed by atoms with E-state index in [-0.39, 0.29) is 11.5 Å². The number of rotatable bonds is 0. The van der Waals surface area contributed by atoms with Gasteiger partial charge in [-0.05, 0) is 30.6 Å². The van der Waals surface area contributed by atoms with Crippen LogP contribution in [0.2, 0.25) is 0 Å². The fourth-order valence-electron chi connectivity index (χ4n) is 4.56. The molecule has 2 saturated carbocycles. The molecule has 4 bridgehead atoms. The number of aliphatic hydroxyl groups is 1. The molecule has 1 N–H and O–H groups in total. The fraction of sp³-hybridized carbons (Fsp3) is 0.846. The second kappa shape index (κ2) is 2.44. The first-order valence-electron chi connectivity index (χ1n) is 5.93. The zero-order valence-corrected chi connectivity index (χ0v) is 9.16. The van der Waals surface area contributed by atoms with Crippen LogP contribution in [-0.4, -0.2) is 11.2 Å². The summed E-state index contributed by atoms with van der Waals surface area (Å²) in [6, 6.07) is 0. The maximum Gasteiger partial charge on any atom is 0.0662 e. The van der Waals surface area contributed by atoms with Crippen LogP contribution in [0.4, 0.5) is 0 Å². The lowest BCUT2D eigenvalue weighted by Crippen LogP contribution is -2.59. The maximum atomic E-state index is 10.3. The highest BCUT2D eigenvalue weighted by Gasteiger charge is 2.59. The van der Waals surface area contributed by atoms with Crippen molar-refractivity contribution in [1.29, 1.82) is 0 Å². The van der Waals surface area contributed by atoms with Crippen LogP contribution in [0.1, 0.15) is 39.5 Å². The molecule has 0 unspecified atom stereocenters. The molecule has 0 amide bonds. The average molecular weight is 192 g/mol. The second-order valence-electron chi connectivity index (χ2n) is 6.19. The van der Waals surface area contributed by atoms with Gasteiger partial charge in [0.05, 0.1) is 6.10 Å². The molecule has 5 atom stereocenters. The van der Waals surface area contributed by atoms with E-state index in [9.17, 15) is 5.11 Å². The molecule has 0 aromatic heterocycles. The van der Waals surface area contributed by atoms with Gasteiger partial charge in [0.25, 0.3) is 0 Å². The summed E-state index contributed by atoms with van der Waals surface area (Å²) < 4.78 is 0. The van der Waals surface area contributed by atoms with Gasteiger partial charge in [0.2, 0.25) is 0 Å². The molecule has 14 heavy (non-hydrogen) atoms. The largest absolute Gasteiger partial charge is 0.392 e. The van der Waals surface area contributed by atoms with Crippen molar-refractivity contribution in [3.63, 3.8) is 0 Å². The Morgan fingerprint density at radius 1 is 1.21 bits per heavy atom. The van der Waals surface area contributed by atoms with Crippen LogP contribution in [0.15, 0.2) is 12.2 Å². The van der Waals surface area contributed by atoms with Crippen LogP contribution in [0, 0.1) is 22.7 Å². The van der Waals surface area contributed by atoms with Crippen molar-refractivity contribution in [3.05, 3.63) is 12.2 Å². The number of allylic oxidation sites excluding steroid dienone is 1. The Balaban J connectivity index is 2.11. The summed E-state index contributed by atoms with van der Waals surface area (Å²) in [5.74, 6) is 1.07. The van der Waals surface area contributed by atoms with Gasteiger partial charge in [0, 0.05) is 11.3 Å². The summed E-state index contributed by atoms with van der Waals surface area (Å²) in [5, 5.41) is 10.3. The van der Waals surface area contributed by atoms with Crippen LogP contribution < -0.4 is 0 Å². The van der Waals surface area contributed by atoms with Gasteiger partial charge in [-0.25, -0.2) is 0 Å². The van der Waals surface area contributed by atoms with Gasteiger partial charge in [0.1, 0.15) is 0 Å². The normalized spacial score (nSPS) is 60.4.